The Kier molecular flexibility index (Phi) is 6.34. The third-order valence-corrected chi connectivity index (χ3v) is 2.87. The Hall–Kier alpha value is -1.44. The molecule has 1 amide bonds. The van der Waals surface area contributed by atoms with Crippen LogP contribution < -0.4 is 5.32 Å². The Morgan fingerprint density at radius 3 is 2.78 bits per heavy atom. The molecule has 6 nitrogen and oxygen atoms in total. The topological polar surface area (TPSA) is 73.9 Å². The summed E-state index contributed by atoms with van der Waals surface area (Å²) in [5.74, 6) is -0.796. The van der Waals surface area contributed by atoms with Gasteiger partial charge in [0, 0.05) is 7.11 Å². The van der Waals surface area contributed by atoms with Gasteiger partial charge < -0.3 is 19.5 Å². The highest BCUT2D eigenvalue weighted by molar-refractivity contribution is 7.12. The molecule has 0 spiro atoms. The van der Waals surface area contributed by atoms with Crippen LogP contribution in [0.3, 0.4) is 0 Å². The minimum absolute atomic E-state index is 0.0835. The zero-order valence-corrected chi connectivity index (χ0v) is 11.0. The fraction of sp³-hybridized carbons (Fsp3) is 0.455. The monoisotopic (exact) mass is 273 g/mol. The molecule has 7 heteroatoms. The van der Waals surface area contributed by atoms with Crippen LogP contribution >= 0.6 is 11.3 Å². The first-order valence-electron chi connectivity index (χ1n) is 5.21. The molecule has 18 heavy (non-hydrogen) atoms. The number of carbonyl (C=O) groups is 2. The van der Waals surface area contributed by atoms with Crippen molar-refractivity contribution in [3.05, 3.63) is 16.3 Å². The second-order valence-electron chi connectivity index (χ2n) is 3.25. The molecule has 0 bridgehead atoms. The molecule has 0 aromatic carbocycles. The van der Waals surface area contributed by atoms with E-state index in [1.165, 1.54) is 18.4 Å². The van der Waals surface area contributed by atoms with Gasteiger partial charge in [-0.15, -0.1) is 11.3 Å². The minimum atomic E-state index is -0.472. The fourth-order valence-electron chi connectivity index (χ4n) is 1.15. The molecule has 0 radical (unpaired) electrons. The Balaban J connectivity index is 2.44. The van der Waals surface area contributed by atoms with Crippen molar-refractivity contribution in [2.24, 2.45) is 0 Å². The number of esters is 1. The standard InChI is InChI=1S/C11H15NO5S/c1-15-4-5-17-7-9(13)12-8-3-6-18-10(8)11(14)16-2/h3,6H,4-5,7H2,1-2H3,(H,12,13). The summed E-state index contributed by atoms with van der Waals surface area (Å²) < 4.78 is 14.4. The molecule has 1 rings (SSSR count). The maximum absolute atomic E-state index is 11.5. The lowest BCUT2D eigenvalue weighted by Crippen LogP contribution is -2.20. The molecule has 100 valence electrons. The molecule has 0 atom stereocenters. The molecular weight excluding hydrogens is 258 g/mol. The number of hydrogen-bond acceptors (Lipinski definition) is 6. The highest BCUT2D eigenvalue weighted by Gasteiger charge is 2.15. The van der Waals surface area contributed by atoms with E-state index in [1.54, 1.807) is 18.6 Å². The van der Waals surface area contributed by atoms with Crippen LogP contribution in [0.25, 0.3) is 0 Å². The molecule has 1 aromatic heterocycles. The van der Waals surface area contributed by atoms with Crippen LogP contribution in [0.15, 0.2) is 11.4 Å². The quantitative estimate of drug-likeness (QED) is 0.595. The van der Waals surface area contributed by atoms with E-state index in [0.717, 1.165) is 0 Å². The Morgan fingerprint density at radius 1 is 1.33 bits per heavy atom. The van der Waals surface area contributed by atoms with Crippen LogP contribution in [-0.2, 0) is 19.0 Å². The first-order chi connectivity index (χ1) is 8.69. The zero-order valence-electron chi connectivity index (χ0n) is 10.2. The largest absolute Gasteiger partial charge is 0.465 e. The average Bonchev–Trinajstić information content (AvgIpc) is 2.82. The highest BCUT2D eigenvalue weighted by Crippen LogP contribution is 2.22. The number of thiophene rings is 1. The van der Waals surface area contributed by atoms with Gasteiger partial charge in [-0.2, -0.15) is 0 Å². The Morgan fingerprint density at radius 2 is 2.11 bits per heavy atom. The summed E-state index contributed by atoms with van der Waals surface area (Å²) in [6, 6.07) is 1.64. The second-order valence-corrected chi connectivity index (χ2v) is 4.16. The first-order valence-corrected chi connectivity index (χ1v) is 6.09. The number of anilines is 1. The van der Waals surface area contributed by atoms with Gasteiger partial charge in [-0.25, -0.2) is 4.79 Å². The van der Waals surface area contributed by atoms with E-state index in [9.17, 15) is 9.59 Å². The van der Waals surface area contributed by atoms with E-state index < -0.39 is 5.97 Å². The highest BCUT2D eigenvalue weighted by atomic mass is 32.1. The number of methoxy groups -OCH3 is 2. The summed E-state index contributed by atoms with van der Waals surface area (Å²) in [6.45, 7) is 0.691. The van der Waals surface area contributed by atoms with Gasteiger partial charge in [-0.3, -0.25) is 4.79 Å². The molecule has 0 aliphatic carbocycles. The third kappa shape index (κ3) is 4.44. The van der Waals surface area contributed by atoms with Crippen molar-refractivity contribution >= 4 is 28.9 Å². The molecule has 1 aromatic rings. The summed E-state index contributed by atoms with van der Waals surface area (Å²) in [6.07, 6.45) is 0. The predicted molar refractivity (Wildman–Crippen MR) is 67.0 cm³/mol. The second kappa shape index (κ2) is 7.80. The lowest BCUT2D eigenvalue weighted by atomic mass is 10.4. The molecule has 0 unspecified atom stereocenters. The van der Waals surface area contributed by atoms with E-state index >= 15 is 0 Å². The van der Waals surface area contributed by atoms with E-state index in [4.69, 9.17) is 9.47 Å². The molecule has 0 aliphatic rings. The SMILES string of the molecule is COCCOCC(=O)Nc1ccsc1C(=O)OC. The van der Waals surface area contributed by atoms with Crippen molar-refractivity contribution in [2.75, 3.05) is 39.4 Å². The average molecular weight is 273 g/mol. The molecule has 1 N–H and O–H groups in total. The van der Waals surface area contributed by atoms with Crippen LogP contribution in [0.1, 0.15) is 9.67 Å². The summed E-state index contributed by atoms with van der Waals surface area (Å²) >= 11 is 1.21. The van der Waals surface area contributed by atoms with Gasteiger partial charge in [0.15, 0.2) is 0 Å². The number of rotatable bonds is 7. The van der Waals surface area contributed by atoms with Gasteiger partial charge in [0.05, 0.1) is 26.0 Å². The van der Waals surface area contributed by atoms with Crippen LogP contribution in [0, 0.1) is 0 Å². The molecule has 0 aliphatic heterocycles. The number of nitrogens with one attached hydrogen (secondary N) is 1. The van der Waals surface area contributed by atoms with E-state index in [-0.39, 0.29) is 12.5 Å². The van der Waals surface area contributed by atoms with Gasteiger partial charge in [0.1, 0.15) is 11.5 Å². The van der Waals surface area contributed by atoms with Crippen molar-refractivity contribution < 1.29 is 23.8 Å². The van der Waals surface area contributed by atoms with Crippen molar-refractivity contribution in [3.63, 3.8) is 0 Å². The maximum Gasteiger partial charge on any atom is 0.350 e. The van der Waals surface area contributed by atoms with Gasteiger partial charge in [-0.1, -0.05) is 0 Å². The van der Waals surface area contributed by atoms with Gasteiger partial charge in [-0.05, 0) is 11.4 Å². The van der Waals surface area contributed by atoms with Crippen molar-refractivity contribution in [2.45, 2.75) is 0 Å². The van der Waals surface area contributed by atoms with Gasteiger partial charge >= 0.3 is 5.97 Å². The minimum Gasteiger partial charge on any atom is -0.465 e. The van der Waals surface area contributed by atoms with Crippen molar-refractivity contribution in [1.82, 2.24) is 0 Å². The number of amides is 1. The zero-order chi connectivity index (χ0) is 13.4. The van der Waals surface area contributed by atoms with Crippen LogP contribution in [0.5, 0.6) is 0 Å². The summed E-state index contributed by atoms with van der Waals surface area (Å²) in [5, 5.41) is 4.29. The van der Waals surface area contributed by atoms with Gasteiger partial charge in [0.25, 0.3) is 0 Å². The van der Waals surface area contributed by atoms with Crippen molar-refractivity contribution in [3.8, 4) is 0 Å². The molecule has 0 saturated carbocycles. The third-order valence-electron chi connectivity index (χ3n) is 1.98. The lowest BCUT2D eigenvalue weighted by Gasteiger charge is -2.06. The Labute approximate surface area is 109 Å². The molecule has 0 fully saturated rings. The summed E-state index contributed by atoms with van der Waals surface area (Å²) in [5.41, 5.74) is 0.437. The van der Waals surface area contributed by atoms with E-state index in [0.29, 0.717) is 23.8 Å². The molecule has 1 heterocycles. The van der Waals surface area contributed by atoms with Crippen LogP contribution in [0.2, 0.25) is 0 Å². The Bertz CT molecular complexity index is 404. The molecule has 0 saturated heterocycles. The number of hydrogen-bond donors (Lipinski definition) is 1. The maximum atomic E-state index is 11.5. The molecular formula is C11H15NO5S. The van der Waals surface area contributed by atoms with Gasteiger partial charge in [0.2, 0.25) is 5.91 Å². The number of carbonyl (C=O) groups excluding carboxylic acids is 2. The predicted octanol–water partition coefficient (Wildman–Crippen LogP) is 1.14. The van der Waals surface area contributed by atoms with Crippen LogP contribution in [-0.4, -0.2) is 45.9 Å². The number of ether oxygens (including phenoxy) is 3. The fourth-order valence-corrected chi connectivity index (χ4v) is 1.92. The summed E-state index contributed by atoms with van der Waals surface area (Å²) in [4.78, 5) is 23.2. The first kappa shape index (κ1) is 14.6. The van der Waals surface area contributed by atoms with Crippen LogP contribution in [0.4, 0.5) is 5.69 Å². The van der Waals surface area contributed by atoms with E-state index in [2.05, 4.69) is 10.1 Å². The smallest absolute Gasteiger partial charge is 0.350 e. The normalized spacial score (nSPS) is 10.1. The van der Waals surface area contributed by atoms with E-state index in [1.807, 2.05) is 0 Å². The van der Waals surface area contributed by atoms with Crippen molar-refractivity contribution in [1.29, 1.82) is 0 Å². The summed E-state index contributed by atoms with van der Waals surface area (Å²) in [7, 11) is 2.85. The lowest BCUT2D eigenvalue weighted by molar-refractivity contribution is -0.121.